The smallest absolute Gasteiger partial charge is 0.0600 e. The molecule has 1 aromatic heterocycles. The highest BCUT2D eigenvalue weighted by atomic mass is 14.8. The summed E-state index contributed by atoms with van der Waals surface area (Å²) in [6, 6.07) is 2.27. The van der Waals surface area contributed by atoms with Crippen molar-refractivity contribution >= 4 is 0 Å². The van der Waals surface area contributed by atoms with E-state index in [1.165, 1.54) is 36.8 Å². The fourth-order valence-corrected chi connectivity index (χ4v) is 2.04. The number of hydrogen-bond acceptors (Lipinski definition) is 2. The first-order chi connectivity index (χ1) is 7.65. The third-order valence-electron chi connectivity index (χ3n) is 2.98. The van der Waals surface area contributed by atoms with Crippen molar-refractivity contribution in [2.24, 2.45) is 5.73 Å². The van der Waals surface area contributed by atoms with Gasteiger partial charge in [0.05, 0.1) is 5.69 Å². The van der Waals surface area contributed by atoms with Gasteiger partial charge in [0.1, 0.15) is 0 Å². The molecule has 0 amide bonds. The lowest BCUT2D eigenvalue weighted by molar-refractivity contribution is 0.555. The number of aryl methyl sites for hydroxylation is 2. The van der Waals surface area contributed by atoms with Gasteiger partial charge in [0.2, 0.25) is 0 Å². The van der Waals surface area contributed by atoms with Crippen molar-refractivity contribution in [3.63, 3.8) is 0 Å². The molecule has 1 unspecified atom stereocenters. The molecule has 16 heavy (non-hydrogen) atoms. The fraction of sp³-hybridized carbons (Fsp3) is 0.643. The van der Waals surface area contributed by atoms with Crippen LogP contribution < -0.4 is 5.73 Å². The Morgan fingerprint density at radius 2 is 2.00 bits per heavy atom. The van der Waals surface area contributed by atoms with Crippen LogP contribution in [0.15, 0.2) is 12.3 Å². The average molecular weight is 220 g/mol. The molecule has 1 rings (SSSR count). The maximum atomic E-state index is 6.17. The number of unbranched alkanes of at least 4 members (excludes halogenated alkanes) is 3. The van der Waals surface area contributed by atoms with E-state index < -0.39 is 0 Å². The predicted molar refractivity (Wildman–Crippen MR) is 69.4 cm³/mol. The van der Waals surface area contributed by atoms with Crippen LogP contribution in [-0.2, 0) is 0 Å². The second kappa shape index (κ2) is 6.64. The second-order valence-electron chi connectivity index (χ2n) is 4.67. The zero-order chi connectivity index (χ0) is 12.0. The Bertz CT molecular complexity index is 321. The molecule has 0 saturated heterocycles. The van der Waals surface area contributed by atoms with Crippen LogP contribution in [0.2, 0.25) is 0 Å². The van der Waals surface area contributed by atoms with Crippen LogP contribution >= 0.6 is 0 Å². The van der Waals surface area contributed by atoms with Gasteiger partial charge in [-0.2, -0.15) is 0 Å². The molecule has 0 bridgehead atoms. The first-order valence-corrected chi connectivity index (χ1v) is 6.34. The summed E-state index contributed by atoms with van der Waals surface area (Å²) in [6.07, 6.45) is 8.05. The standard InChI is InChI=1S/C14H24N2/c1-4-5-6-7-8-13(15)14-12(3)9-11(2)10-16-14/h9-10,13H,4-8,15H2,1-3H3. The molecule has 90 valence electrons. The molecule has 1 atom stereocenters. The van der Waals surface area contributed by atoms with Crippen molar-refractivity contribution in [3.05, 3.63) is 29.1 Å². The summed E-state index contributed by atoms with van der Waals surface area (Å²) in [4.78, 5) is 4.45. The van der Waals surface area contributed by atoms with Gasteiger partial charge in [0.15, 0.2) is 0 Å². The zero-order valence-corrected chi connectivity index (χ0v) is 10.8. The third-order valence-corrected chi connectivity index (χ3v) is 2.98. The van der Waals surface area contributed by atoms with E-state index in [0.29, 0.717) is 0 Å². The van der Waals surface area contributed by atoms with Crippen molar-refractivity contribution in [2.45, 2.75) is 58.9 Å². The molecule has 1 aromatic rings. The molecule has 2 nitrogen and oxygen atoms in total. The summed E-state index contributed by atoms with van der Waals surface area (Å²) in [5.41, 5.74) is 9.67. The van der Waals surface area contributed by atoms with Crippen molar-refractivity contribution in [1.29, 1.82) is 0 Å². The monoisotopic (exact) mass is 220 g/mol. The molecule has 0 aliphatic carbocycles. The second-order valence-corrected chi connectivity index (χ2v) is 4.67. The minimum Gasteiger partial charge on any atom is -0.323 e. The van der Waals surface area contributed by atoms with Crippen LogP contribution in [0.3, 0.4) is 0 Å². The van der Waals surface area contributed by atoms with Gasteiger partial charge < -0.3 is 5.73 Å². The molecule has 0 aromatic carbocycles. The molecular weight excluding hydrogens is 196 g/mol. The number of pyridine rings is 1. The normalized spacial score (nSPS) is 12.8. The molecule has 2 N–H and O–H groups in total. The van der Waals surface area contributed by atoms with E-state index in [4.69, 9.17) is 5.73 Å². The SMILES string of the molecule is CCCCCCC(N)c1ncc(C)cc1C. The minimum absolute atomic E-state index is 0.109. The Balaban J connectivity index is 2.49. The van der Waals surface area contributed by atoms with Gasteiger partial charge in [-0.25, -0.2) is 0 Å². The largest absolute Gasteiger partial charge is 0.323 e. The van der Waals surface area contributed by atoms with E-state index in [-0.39, 0.29) is 6.04 Å². The van der Waals surface area contributed by atoms with Crippen LogP contribution in [0.25, 0.3) is 0 Å². The molecule has 0 saturated carbocycles. The molecular formula is C14H24N2. The van der Waals surface area contributed by atoms with E-state index >= 15 is 0 Å². The van der Waals surface area contributed by atoms with Gasteiger partial charge in [0, 0.05) is 12.2 Å². The maximum Gasteiger partial charge on any atom is 0.0600 e. The van der Waals surface area contributed by atoms with Crippen molar-refractivity contribution < 1.29 is 0 Å². The van der Waals surface area contributed by atoms with Gasteiger partial charge in [-0.05, 0) is 31.4 Å². The van der Waals surface area contributed by atoms with Crippen LogP contribution in [0.4, 0.5) is 0 Å². The van der Waals surface area contributed by atoms with Gasteiger partial charge >= 0.3 is 0 Å². The summed E-state index contributed by atoms with van der Waals surface area (Å²) in [7, 11) is 0. The van der Waals surface area contributed by atoms with E-state index in [0.717, 1.165) is 12.1 Å². The third kappa shape index (κ3) is 3.93. The lowest BCUT2D eigenvalue weighted by atomic mass is 10.0. The first kappa shape index (κ1) is 13.2. The van der Waals surface area contributed by atoms with E-state index in [1.54, 1.807) is 0 Å². The molecule has 0 spiro atoms. The Labute approximate surface area is 99.3 Å². The fourth-order valence-electron chi connectivity index (χ4n) is 2.04. The molecule has 0 fully saturated rings. The highest BCUT2D eigenvalue weighted by molar-refractivity contribution is 5.25. The van der Waals surface area contributed by atoms with Crippen molar-refractivity contribution in [3.8, 4) is 0 Å². The van der Waals surface area contributed by atoms with Crippen LogP contribution in [0, 0.1) is 13.8 Å². The lowest BCUT2D eigenvalue weighted by Gasteiger charge is -2.13. The predicted octanol–water partition coefficient (Wildman–Crippen LogP) is 3.67. The Morgan fingerprint density at radius 3 is 2.62 bits per heavy atom. The Morgan fingerprint density at radius 1 is 1.25 bits per heavy atom. The van der Waals surface area contributed by atoms with Crippen molar-refractivity contribution in [1.82, 2.24) is 4.98 Å². The lowest BCUT2D eigenvalue weighted by Crippen LogP contribution is -2.13. The zero-order valence-electron chi connectivity index (χ0n) is 10.8. The van der Waals surface area contributed by atoms with Crippen LogP contribution in [-0.4, -0.2) is 4.98 Å². The number of rotatable bonds is 6. The summed E-state index contributed by atoms with van der Waals surface area (Å²) in [6.45, 7) is 6.39. The number of nitrogens with two attached hydrogens (primary N) is 1. The average Bonchev–Trinajstić information content (AvgIpc) is 2.24. The topological polar surface area (TPSA) is 38.9 Å². The van der Waals surface area contributed by atoms with E-state index in [9.17, 15) is 0 Å². The Hall–Kier alpha value is -0.890. The van der Waals surface area contributed by atoms with E-state index in [1.807, 2.05) is 6.20 Å². The van der Waals surface area contributed by atoms with Crippen molar-refractivity contribution in [2.75, 3.05) is 0 Å². The molecule has 0 radical (unpaired) electrons. The maximum absolute atomic E-state index is 6.17. The van der Waals surface area contributed by atoms with Crippen LogP contribution in [0.1, 0.15) is 61.9 Å². The summed E-state index contributed by atoms with van der Waals surface area (Å²) < 4.78 is 0. The first-order valence-electron chi connectivity index (χ1n) is 6.34. The highest BCUT2D eigenvalue weighted by Gasteiger charge is 2.09. The van der Waals surface area contributed by atoms with Crippen LogP contribution in [0.5, 0.6) is 0 Å². The minimum atomic E-state index is 0.109. The summed E-state index contributed by atoms with van der Waals surface area (Å²) in [5.74, 6) is 0. The Kier molecular flexibility index (Phi) is 5.47. The quantitative estimate of drug-likeness (QED) is 0.743. The van der Waals surface area contributed by atoms with Gasteiger partial charge in [-0.1, -0.05) is 38.7 Å². The van der Waals surface area contributed by atoms with Gasteiger partial charge in [-0.3, -0.25) is 4.98 Å². The molecule has 0 aliphatic rings. The number of hydrogen-bond donors (Lipinski definition) is 1. The molecule has 0 aliphatic heterocycles. The molecule has 1 heterocycles. The number of aromatic nitrogens is 1. The highest BCUT2D eigenvalue weighted by Crippen LogP contribution is 2.19. The molecule has 2 heteroatoms. The van der Waals surface area contributed by atoms with Gasteiger partial charge in [-0.15, -0.1) is 0 Å². The van der Waals surface area contributed by atoms with E-state index in [2.05, 4.69) is 31.8 Å². The number of nitrogens with zero attached hydrogens (tertiary/aromatic N) is 1. The van der Waals surface area contributed by atoms with Gasteiger partial charge in [0.25, 0.3) is 0 Å². The summed E-state index contributed by atoms with van der Waals surface area (Å²) >= 11 is 0. The summed E-state index contributed by atoms with van der Waals surface area (Å²) in [5, 5.41) is 0.